The Kier molecular flexibility index (Phi) is 3.48. The highest BCUT2D eigenvalue weighted by atomic mass is 32.1. The van der Waals surface area contributed by atoms with Crippen molar-refractivity contribution in [3.8, 4) is 0 Å². The minimum atomic E-state index is 0.104. The highest BCUT2D eigenvalue weighted by Gasteiger charge is 2.29. The standard InChI is InChI=1S/C14H17N3OS/c1-17(8-10-4-6-15-7-5-10)14-16-13(11-2-3-11)12(9-18)19-14/h4-7,11,18H,2-3,8-9H2,1H3. The van der Waals surface area contributed by atoms with Crippen LogP contribution in [-0.2, 0) is 13.2 Å². The molecule has 3 rings (SSSR count). The summed E-state index contributed by atoms with van der Waals surface area (Å²) >= 11 is 1.60. The number of anilines is 1. The van der Waals surface area contributed by atoms with Gasteiger partial charge >= 0.3 is 0 Å². The molecule has 1 fully saturated rings. The van der Waals surface area contributed by atoms with Gasteiger partial charge in [0.25, 0.3) is 0 Å². The molecule has 2 aromatic rings. The second-order valence-electron chi connectivity index (χ2n) is 4.95. The van der Waals surface area contributed by atoms with Crippen LogP contribution in [0.25, 0.3) is 0 Å². The van der Waals surface area contributed by atoms with Crippen molar-refractivity contribution in [3.05, 3.63) is 40.7 Å². The Morgan fingerprint density at radius 2 is 2.11 bits per heavy atom. The van der Waals surface area contributed by atoms with Crippen LogP contribution in [0.4, 0.5) is 5.13 Å². The highest BCUT2D eigenvalue weighted by Crippen LogP contribution is 2.44. The Balaban J connectivity index is 1.77. The van der Waals surface area contributed by atoms with Crippen LogP contribution in [0, 0.1) is 0 Å². The highest BCUT2D eigenvalue weighted by molar-refractivity contribution is 7.15. The van der Waals surface area contributed by atoms with Crippen LogP contribution in [-0.4, -0.2) is 22.1 Å². The van der Waals surface area contributed by atoms with Crippen molar-refractivity contribution < 1.29 is 5.11 Å². The van der Waals surface area contributed by atoms with E-state index in [0.717, 1.165) is 22.2 Å². The van der Waals surface area contributed by atoms with Gasteiger partial charge in [0.2, 0.25) is 0 Å². The van der Waals surface area contributed by atoms with E-state index in [1.807, 2.05) is 19.2 Å². The Morgan fingerprint density at radius 1 is 1.37 bits per heavy atom. The van der Waals surface area contributed by atoms with Crippen molar-refractivity contribution in [2.24, 2.45) is 0 Å². The molecule has 19 heavy (non-hydrogen) atoms. The first-order valence-electron chi connectivity index (χ1n) is 6.48. The van der Waals surface area contributed by atoms with Gasteiger partial charge in [-0.25, -0.2) is 4.98 Å². The quantitative estimate of drug-likeness (QED) is 0.911. The molecule has 0 atom stereocenters. The predicted octanol–water partition coefficient (Wildman–Crippen LogP) is 2.54. The smallest absolute Gasteiger partial charge is 0.185 e. The molecule has 0 radical (unpaired) electrons. The molecule has 0 bridgehead atoms. The lowest BCUT2D eigenvalue weighted by Crippen LogP contribution is -2.16. The van der Waals surface area contributed by atoms with E-state index >= 15 is 0 Å². The van der Waals surface area contributed by atoms with Gasteiger partial charge in [-0.05, 0) is 30.5 Å². The molecule has 0 aliphatic heterocycles. The van der Waals surface area contributed by atoms with E-state index in [1.165, 1.54) is 18.4 Å². The normalized spacial score (nSPS) is 14.6. The van der Waals surface area contributed by atoms with E-state index < -0.39 is 0 Å². The van der Waals surface area contributed by atoms with E-state index in [-0.39, 0.29) is 6.61 Å². The Bertz CT molecular complexity index is 551. The molecule has 0 saturated heterocycles. The van der Waals surface area contributed by atoms with E-state index in [2.05, 4.69) is 9.88 Å². The second-order valence-corrected chi connectivity index (χ2v) is 6.01. The second kappa shape index (κ2) is 5.27. The van der Waals surface area contributed by atoms with Gasteiger partial charge in [-0.2, -0.15) is 0 Å². The molecule has 2 aromatic heterocycles. The van der Waals surface area contributed by atoms with Crippen LogP contribution in [0.3, 0.4) is 0 Å². The van der Waals surface area contributed by atoms with E-state index in [9.17, 15) is 5.11 Å². The summed E-state index contributed by atoms with van der Waals surface area (Å²) in [5.41, 5.74) is 2.33. The fourth-order valence-corrected chi connectivity index (χ4v) is 3.10. The van der Waals surface area contributed by atoms with E-state index in [4.69, 9.17) is 4.98 Å². The number of nitrogens with zero attached hydrogens (tertiary/aromatic N) is 3. The molecule has 0 aromatic carbocycles. The molecule has 0 amide bonds. The zero-order valence-electron chi connectivity index (χ0n) is 10.9. The fourth-order valence-electron chi connectivity index (χ4n) is 2.13. The van der Waals surface area contributed by atoms with Gasteiger partial charge < -0.3 is 10.0 Å². The Labute approximate surface area is 116 Å². The van der Waals surface area contributed by atoms with Crippen molar-refractivity contribution in [2.45, 2.75) is 31.9 Å². The molecule has 1 aliphatic rings. The van der Waals surface area contributed by atoms with Crippen LogP contribution < -0.4 is 4.90 Å². The largest absolute Gasteiger partial charge is 0.391 e. The lowest BCUT2D eigenvalue weighted by Gasteiger charge is -2.15. The molecule has 0 spiro atoms. The molecule has 1 N–H and O–H groups in total. The first-order valence-corrected chi connectivity index (χ1v) is 7.30. The summed E-state index contributed by atoms with van der Waals surface area (Å²) in [6.45, 7) is 0.914. The molecule has 1 saturated carbocycles. The maximum atomic E-state index is 9.42. The first kappa shape index (κ1) is 12.6. The van der Waals surface area contributed by atoms with Gasteiger partial charge in [0.1, 0.15) is 0 Å². The van der Waals surface area contributed by atoms with Gasteiger partial charge in [0.05, 0.1) is 17.2 Å². The number of thiazole rings is 1. The summed E-state index contributed by atoms with van der Waals surface area (Å²) in [6, 6.07) is 4.03. The first-order chi connectivity index (χ1) is 9.28. The molecular formula is C14H17N3OS. The predicted molar refractivity (Wildman–Crippen MR) is 76.4 cm³/mol. The van der Waals surface area contributed by atoms with Crippen molar-refractivity contribution in [1.29, 1.82) is 0 Å². The minimum absolute atomic E-state index is 0.104. The summed E-state index contributed by atoms with van der Waals surface area (Å²) in [6.07, 6.45) is 6.04. The number of aliphatic hydroxyl groups excluding tert-OH is 1. The third-order valence-electron chi connectivity index (χ3n) is 3.32. The zero-order valence-corrected chi connectivity index (χ0v) is 11.7. The average Bonchev–Trinajstić information content (AvgIpc) is 3.19. The third kappa shape index (κ3) is 2.77. The van der Waals surface area contributed by atoms with E-state index in [1.54, 1.807) is 23.7 Å². The lowest BCUT2D eigenvalue weighted by molar-refractivity contribution is 0.284. The number of hydrogen-bond acceptors (Lipinski definition) is 5. The monoisotopic (exact) mass is 275 g/mol. The summed E-state index contributed by atoms with van der Waals surface area (Å²) in [5, 5.41) is 10.4. The van der Waals surface area contributed by atoms with Crippen molar-refractivity contribution in [1.82, 2.24) is 9.97 Å². The molecule has 4 nitrogen and oxygen atoms in total. The number of aliphatic hydroxyl groups is 1. The molecule has 5 heteroatoms. The zero-order chi connectivity index (χ0) is 13.2. The topological polar surface area (TPSA) is 49.2 Å². The average molecular weight is 275 g/mol. The van der Waals surface area contributed by atoms with Gasteiger partial charge in [-0.1, -0.05) is 11.3 Å². The number of aromatic nitrogens is 2. The SMILES string of the molecule is CN(Cc1ccncc1)c1nc(C2CC2)c(CO)s1. The Hall–Kier alpha value is -1.46. The molecular weight excluding hydrogens is 258 g/mol. The van der Waals surface area contributed by atoms with Gasteiger partial charge in [0.15, 0.2) is 5.13 Å². The summed E-state index contributed by atoms with van der Waals surface area (Å²) in [5.74, 6) is 0.585. The molecule has 0 unspecified atom stereocenters. The Morgan fingerprint density at radius 3 is 2.74 bits per heavy atom. The van der Waals surface area contributed by atoms with Gasteiger partial charge in [-0.15, -0.1) is 0 Å². The number of pyridine rings is 1. The van der Waals surface area contributed by atoms with Crippen LogP contribution in [0.15, 0.2) is 24.5 Å². The summed E-state index contributed by atoms with van der Waals surface area (Å²) < 4.78 is 0. The molecule has 1 aliphatic carbocycles. The third-order valence-corrected chi connectivity index (χ3v) is 4.49. The van der Waals surface area contributed by atoms with Crippen LogP contribution in [0.1, 0.15) is 34.9 Å². The number of hydrogen-bond donors (Lipinski definition) is 1. The minimum Gasteiger partial charge on any atom is -0.391 e. The van der Waals surface area contributed by atoms with Crippen molar-refractivity contribution in [2.75, 3.05) is 11.9 Å². The maximum absolute atomic E-state index is 9.42. The van der Waals surface area contributed by atoms with Crippen LogP contribution in [0.5, 0.6) is 0 Å². The summed E-state index contributed by atoms with van der Waals surface area (Å²) in [7, 11) is 2.04. The molecule has 100 valence electrons. The summed E-state index contributed by atoms with van der Waals surface area (Å²) in [4.78, 5) is 11.9. The fraction of sp³-hybridized carbons (Fsp3) is 0.429. The van der Waals surface area contributed by atoms with Gasteiger partial charge in [-0.3, -0.25) is 4.98 Å². The number of rotatable bonds is 5. The maximum Gasteiger partial charge on any atom is 0.185 e. The van der Waals surface area contributed by atoms with Crippen molar-refractivity contribution >= 4 is 16.5 Å². The lowest BCUT2D eigenvalue weighted by atomic mass is 10.2. The van der Waals surface area contributed by atoms with Gasteiger partial charge in [0, 0.05) is 31.9 Å². The molecule has 2 heterocycles. The van der Waals surface area contributed by atoms with Crippen molar-refractivity contribution in [3.63, 3.8) is 0 Å². The van der Waals surface area contributed by atoms with Crippen LogP contribution in [0.2, 0.25) is 0 Å². The van der Waals surface area contributed by atoms with Crippen LogP contribution >= 0.6 is 11.3 Å². The van der Waals surface area contributed by atoms with E-state index in [0.29, 0.717) is 5.92 Å².